The third kappa shape index (κ3) is 7.40. The van der Waals surface area contributed by atoms with Crippen molar-refractivity contribution < 1.29 is 18.9 Å². The maximum Gasteiger partial charge on any atom is 0.119 e. The molecule has 7 heteroatoms. The smallest absolute Gasteiger partial charge is 0.119 e. The highest BCUT2D eigenvalue weighted by Gasteiger charge is 2.11. The van der Waals surface area contributed by atoms with Gasteiger partial charge in [0.1, 0.15) is 11.5 Å². The summed E-state index contributed by atoms with van der Waals surface area (Å²) in [6.07, 6.45) is 1.85. The first-order valence-electron chi connectivity index (χ1n) is 13.4. The molecule has 1 heterocycles. The van der Waals surface area contributed by atoms with Crippen molar-refractivity contribution in [2.24, 2.45) is 0 Å². The van der Waals surface area contributed by atoms with Crippen LogP contribution in [0.5, 0.6) is 11.5 Å². The molecule has 5 aromatic rings. The lowest BCUT2D eigenvalue weighted by molar-refractivity contribution is 0.0338. The average molecular weight is 538 g/mol. The van der Waals surface area contributed by atoms with Crippen LogP contribution in [0.25, 0.3) is 10.9 Å². The Morgan fingerprint density at radius 3 is 1.95 bits per heavy atom. The average Bonchev–Trinajstić information content (AvgIpc) is 3.47. The fraction of sp³-hybridized carbons (Fsp3) is 0.242. The van der Waals surface area contributed by atoms with Gasteiger partial charge in [-0.05, 0) is 64.7 Å². The molecule has 7 nitrogen and oxygen atoms in total. The molecule has 40 heavy (non-hydrogen) atoms. The van der Waals surface area contributed by atoms with E-state index in [0.29, 0.717) is 26.4 Å². The van der Waals surface area contributed by atoms with Crippen LogP contribution in [0.4, 0.5) is 5.69 Å². The summed E-state index contributed by atoms with van der Waals surface area (Å²) in [4.78, 5) is 2.36. The molecular weight excluding hydrogens is 502 g/mol. The molecule has 1 aromatic heterocycles. The minimum atomic E-state index is 0.532. The van der Waals surface area contributed by atoms with E-state index in [-0.39, 0.29) is 0 Å². The van der Waals surface area contributed by atoms with E-state index in [1.165, 1.54) is 11.1 Å². The number of aromatic nitrogens is 2. The highest BCUT2D eigenvalue weighted by molar-refractivity contribution is 5.78. The second kappa shape index (κ2) is 13.6. The van der Waals surface area contributed by atoms with Crippen LogP contribution in [0.2, 0.25) is 0 Å². The van der Waals surface area contributed by atoms with Gasteiger partial charge in [-0.3, -0.25) is 5.10 Å². The van der Waals surface area contributed by atoms with Gasteiger partial charge in [-0.25, -0.2) is 0 Å². The maximum atomic E-state index is 5.87. The molecule has 0 aliphatic carbocycles. The molecule has 0 spiro atoms. The van der Waals surface area contributed by atoms with Crippen LogP contribution >= 0.6 is 0 Å². The number of rotatable bonds is 14. The highest BCUT2D eigenvalue weighted by atomic mass is 16.5. The first-order chi connectivity index (χ1) is 19.7. The summed E-state index contributed by atoms with van der Waals surface area (Å²) in [7, 11) is 3.37. The number of anilines is 1. The number of hydrogen-bond donors (Lipinski definition) is 1. The van der Waals surface area contributed by atoms with Crippen molar-refractivity contribution in [3.8, 4) is 11.5 Å². The van der Waals surface area contributed by atoms with E-state index in [9.17, 15) is 0 Å². The molecule has 0 saturated carbocycles. The van der Waals surface area contributed by atoms with Crippen molar-refractivity contribution in [2.45, 2.75) is 26.3 Å². The number of nitrogens with zero attached hydrogens (tertiary/aromatic N) is 2. The Balaban J connectivity index is 1.18. The van der Waals surface area contributed by atoms with Crippen molar-refractivity contribution in [3.05, 3.63) is 119 Å². The van der Waals surface area contributed by atoms with Crippen LogP contribution < -0.4 is 14.4 Å². The quantitative estimate of drug-likeness (QED) is 0.163. The summed E-state index contributed by atoms with van der Waals surface area (Å²) in [6, 6.07) is 31.1. The van der Waals surface area contributed by atoms with Gasteiger partial charge in [0.25, 0.3) is 0 Å². The van der Waals surface area contributed by atoms with Crippen LogP contribution in [0.1, 0.15) is 22.3 Å². The zero-order chi connectivity index (χ0) is 27.6. The zero-order valence-electron chi connectivity index (χ0n) is 23.0. The van der Waals surface area contributed by atoms with Crippen molar-refractivity contribution in [1.82, 2.24) is 10.2 Å². The van der Waals surface area contributed by atoms with Crippen LogP contribution in [0.3, 0.4) is 0 Å². The first kappa shape index (κ1) is 27.2. The number of fused-ring (bicyclic) bond motifs is 1. The van der Waals surface area contributed by atoms with Gasteiger partial charge in [-0.1, -0.05) is 48.5 Å². The minimum absolute atomic E-state index is 0.532. The molecular formula is C33H35N3O4. The highest BCUT2D eigenvalue weighted by Crippen LogP contribution is 2.24. The monoisotopic (exact) mass is 537 g/mol. The minimum Gasteiger partial charge on any atom is -0.497 e. The van der Waals surface area contributed by atoms with Gasteiger partial charge in [0.15, 0.2) is 0 Å². The molecule has 1 N–H and O–H groups in total. The van der Waals surface area contributed by atoms with E-state index < -0.39 is 0 Å². The topological polar surface area (TPSA) is 68.8 Å². The normalized spacial score (nSPS) is 11.1. The van der Waals surface area contributed by atoms with Gasteiger partial charge in [0.2, 0.25) is 0 Å². The molecule has 0 aliphatic rings. The molecule has 0 fully saturated rings. The Hall–Kier alpha value is -4.33. The Bertz CT molecular complexity index is 1500. The van der Waals surface area contributed by atoms with Crippen molar-refractivity contribution >= 4 is 16.6 Å². The van der Waals surface area contributed by atoms with Crippen LogP contribution in [-0.4, -0.2) is 37.6 Å². The van der Waals surface area contributed by atoms with Crippen molar-refractivity contribution in [1.29, 1.82) is 0 Å². The molecule has 0 aliphatic heterocycles. The first-order valence-corrected chi connectivity index (χ1v) is 13.4. The van der Waals surface area contributed by atoms with Gasteiger partial charge >= 0.3 is 0 Å². The summed E-state index contributed by atoms with van der Waals surface area (Å²) < 4.78 is 22.3. The number of methoxy groups -OCH3 is 2. The molecule has 206 valence electrons. The van der Waals surface area contributed by atoms with Crippen molar-refractivity contribution in [2.75, 3.05) is 32.3 Å². The zero-order valence-corrected chi connectivity index (χ0v) is 23.0. The van der Waals surface area contributed by atoms with Gasteiger partial charge in [-0.2, -0.15) is 5.10 Å². The Labute approximate surface area is 235 Å². The molecule has 0 atom stereocenters. The van der Waals surface area contributed by atoms with E-state index in [1.807, 2.05) is 42.6 Å². The third-order valence-electron chi connectivity index (χ3n) is 6.73. The number of nitrogens with one attached hydrogen (secondary N) is 1. The Morgan fingerprint density at radius 1 is 0.650 bits per heavy atom. The van der Waals surface area contributed by atoms with Crippen LogP contribution in [0, 0.1) is 0 Å². The maximum absolute atomic E-state index is 5.87. The number of benzene rings is 4. The van der Waals surface area contributed by atoms with Gasteiger partial charge in [-0.15, -0.1) is 0 Å². The van der Waals surface area contributed by atoms with Gasteiger partial charge < -0.3 is 23.8 Å². The lowest BCUT2D eigenvalue weighted by Crippen LogP contribution is -2.22. The van der Waals surface area contributed by atoms with E-state index >= 15 is 0 Å². The van der Waals surface area contributed by atoms with E-state index in [0.717, 1.165) is 52.3 Å². The SMILES string of the molecule is COc1cccc(COCCOCc2ccc(N(Cc3cccc(OC)c3)Cc3ccc4cn[nH]c4c3)cc2)c1. The summed E-state index contributed by atoms with van der Waals surface area (Å²) in [6.45, 7) is 3.64. The van der Waals surface area contributed by atoms with E-state index in [4.69, 9.17) is 18.9 Å². The number of aromatic amines is 1. The number of ether oxygens (including phenoxy) is 4. The van der Waals surface area contributed by atoms with Gasteiger partial charge in [0, 0.05) is 24.2 Å². The largest absolute Gasteiger partial charge is 0.497 e. The predicted molar refractivity (Wildman–Crippen MR) is 158 cm³/mol. The molecule has 0 unspecified atom stereocenters. The molecule has 0 bridgehead atoms. The van der Waals surface area contributed by atoms with E-state index in [1.54, 1.807) is 14.2 Å². The fourth-order valence-electron chi connectivity index (χ4n) is 4.60. The second-order valence-corrected chi connectivity index (χ2v) is 9.62. The van der Waals surface area contributed by atoms with Crippen LogP contribution in [-0.2, 0) is 35.8 Å². The molecule has 0 saturated heterocycles. The fourth-order valence-corrected chi connectivity index (χ4v) is 4.60. The second-order valence-electron chi connectivity index (χ2n) is 9.62. The summed E-state index contributed by atoms with van der Waals surface area (Å²) in [5.74, 6) is 1.69. The number of H-pyrrole nitrogens is 1. The summed E-state index contributed by atoms with van der Waals surface area (Å²) >= 11 is 0. The molecule has 0 amide bonds. The lowest BCUT2D eigenvalue weighted by atomic mass is 10.1. The van der Waals surface area contributed by atoms with E-state index in [2.05, 4.69) is 69.7 Å². The standard InChI is InChI=1S/C33H35N3O4/c1-37-31-7-3-5-26(17-31)21-36(22-27-9-12-29-20-34-35-33(29)19-27)30-13-10-25(11-14-30)23-39-15-16-40-24-28-6-4-8-32(18-28)38-2/h3-14,17-20H,15-16,21-24H2,1-2H3,(H,34,35). The molecule has 4 aromatic carbocycles. The molecule has 5 rings (SSSR count). The van der Waals surface area contributed by atoms with Gasteiger partial charge in [0.05, 0.1) is 52.4 Å². The summed E-state index contributed by atoms with van der Waals surface area (Å²) in [5.41, 5.74) is 6.77. The predicted octanol–water partition coefficient (Wildman–Crippen LogP) is 6.52. The molecule has 0 radical (unpaired) electrons. The Kier molecular flexibility index (Phi) is 9.29. The number of hydrogen-bond acceptors (Lipinski definition) is 6. The summed E-state index contributed by atoms with van der Waals surface area (Å²) in [5, 5.41) is 8.35. The lowest BCUT2D eigenvalue weighted by Gasteiger charge is -2.26. The Morgan fingerprint density at radius 2 is 1.25 bits per heavy atom. The van der Waals surface area contributed by atoms with Crippen molar-refractivity contribution in [3.63, 3.8) is 0 Å². The third-order valence-corrected chi connectivity index (χ3v) is 6.73. The van der Waals surface area contributed by atoms with Crippen LogP contribution in [0.15, 0.2) is 97.2 Å².